The number of fused-ring (bicyclic) bond motifs is 1. The Morgan fingerprint density at radius 3 is 2.52 bits per heavy atom. The smallest absolute Gasteiger partial charge is 0.257 e. The van der Waals surface area contributed by atoms with Crippen LogP contribution in [0.5, 0.6) is 5.75 Å². The SMILES string of the molecule is CCOc1ccc(-n2nc3ccc(NC(=O)c4cc(Cl)ccc4Cl)cc3n2)cc1. The van der Waals surface area contributed by atoms with E-state index in [2.05, 4.69) is 15.5 Å². The van der Waals surface area contributed by atoms with Gasteiger partial charge in [-0.25, -0.2) is 0 Å². The largest absolute Gasteiger partial charge is 0.494 e. The molecule has 0 saturated heterocycles. The van der Waals surface area contributed by atoms with Gasteiger partial charge in [-0.05, 0) is 67.6 Å². The normalized spacial score (nSPS) is 10.9. The predicted molar refractivity (Wildman–Crippen MR) is 114 cm³/mol. The lowest BCUT2D eigenvalue weighted by Crippen LogP contribution is -2.12. The second-order valence-electron chi connectivity index (χ2n) is 6.20. The molecule has 0 atom stereocenters. The number of nitrogens with zero attached hydrogens (tertiary/aromatic N) is 3. The van der Waals surface area contributed by atoms with Gasteiger partial charge in [0.25, 0.3) is 5.91 Å². The van der Waals surface area contributed by atoms with E-state index in [0.717, 1.165) is 11.4 Å². The average molecular weight is 427 g/mol. The molecule has 1 amide bonds. The molecule has 8 heteroatoms. The summed E-state index contributed by atoms with van der Waals surface area (Å²) in [6.45, 7) is 2.55. The first-order valence-electron chi connectivity index (χ1n) is 8.90. The van der Waals surface area contributed by atoms with Crippen LogP contribution in [0.3, 0.4) is 0 Å². The Morgan fingerprint density at radius 2 is 1.76 bits per heavy atom. The van der Waals surface area contributed by atoms with Crippen LogP contribution in [0.15, 0.2) is 60.7 Å². The zero-order valence-corrected chi connectivity index (χ0v) is 16.9. The van der Waals surface area contributed by atoms with Crippen molar-refractivity contribution in [3.63, 3.8) is 0 Å². The van der Waals surface area contributed by atoms with E-state index in [4.69, 9.17) is 27.9 Å². The van der Waals surface area contributed by atoms with Crippen LogP contribution < -0.4 is 10.1 Å². The molecular weight excluding hydrogens is 411 g/mol. The fourth-order valence-electron chi connectivity index (χ4n) is 2.82. The molecule has 4 aromatic rings. The van der Waals surface area contributed by atoms with Crippen LogP contribution in [0, 0.1) is 0 Å². The molecule has 3 aromatic carbocycles. The number of hydrogen-bond donors (Lipinski definition) is 1. The van der Waals surface area contributed by atoms with Gasteiger partial charge >= 0.3 is 0 Å². The van der Waals surface area contributed by atoms with Crippen molar-refractivity contribution in [1.82, 2.24) is 15.0 Å². The third-order valence-electron chi connectivity index (χ3n) is 4.19. The monoisotopic (exact) mass is 426 g/mol. The number of anilines is 1. The average Bonchev–Trinajstić information content (AvgIpc) is 3.14. The second-order valence-corrected chi connectivity index (χ2v) is 7.04. The van der Waals surface area contributed by atoms with Gasteiger partial charge in [-0.1, -0.05) is 23.2 Å². The molecule has 0 radical (unpaired) electrons. The van der Waals surface area contributed by atoms with Gasteiger partial charge in [0.2, 0.25) is 0 Å². The second kappa shape index (κ2) is 8.11. The van der Waals surface area contributed by atoms with E-state index in [1.54, 1.807) is 35.1 Å². The Kier molecular flexibility index (Phi) is 5.38. The number of halogens is 2. The third-order valence-corrected chi connectivity index (χ3v) is 4.75. The Hall–Kier alpha value is -3.09. The molecule has 0 bridgehead atoms. The van der Waals surface area contributed by atoms with Gasteiger partial charge < -0.3 is 10.1 Å². The molecule has 0 unspecified atom stereocenters. The lowest BCUT2D eigenvalue weighted by atomic mass is 10.2. The summed E-state index contributed by atoms with van der Waals surface area (Å²) in [5, 5.41) is 12.6. The number of carbonyl (C=O) groups is 1. The van der Waals surface area contributed by atoms with Crippen LogP contribution in [0.4, 0.5) is 5.69 Å². The maximum Gasteiger partial charge on any atom is 0.257 e. The van der Waals surface area contributed by atoms with Crippen molar-refractivity contribution in [2.24, 2.45) is 0 Å². The lowest BCUT2D eigenvalue weighted by molar-refractivity contribution is 0.102. The fourth-order valence-corrected chi connectivity index (χ4v) is 3.20. The number of benzene rings is 3. The summed E-state index contributed by atoms with van der Waals surface area (Å²) >= 11 is 12.1. The molecule has 6 nitrogen and oxygen atoms in total. The van der Waals surface area contributed by atoms with Crippen LogP contribution >= 0.6 is 23.2 Å². The highest BCUT2D eigenvalue weighted by Gasteiger charge is 2.13. The van der Waals surface area contributed by atoms with Crippen LogP contribution in [-0.2, 0) is 0 Å². The number of rotatable bonds is 5. The zero-order valence-electron chi connectivity index (χ0n) is 15.4. The summed E-state index contributed by atoms with van der Waals surface area (Å²) in [7, 11) is 0. The van der Waals surface area contributed by atoms with Gasteiger partial charge in [-0.2, -0.15) is 4.80 Å². The quantitative estimate of drug-likeness (QED) is 0.465. The molecule has 0 aliphatic carbocycles. The first kappa shape index (κ1) is 19.2. The van der Waals surface area contributed by atoms with Gasteiger partial charge in [0.05, 0.1) is 22.9 Å². The first-order chi connectivity index (χ1) is 14.0. The van der Waals surface area contributed by atoms with Gasteiger partial charge in [0, 0.05) is 10.7 Å². The van der Waals surface area contributed by atoms with Gasteiger partial charge in [0.15, 0.2) is 0 Å². The van der Waals surface area contributed by atoms with Gasteiger partial charge in [-0.3, -0.25) is 4.79 Å². The number of hydrogen-bond acceptors (Lipinski definition) is 4. The third kappa shape index (κ3) is 4.18. The first-order valence-corrected chi connectivity index (χ1v) is 9.66. The van der Waals surface area contributed by atoms with E-state index in [-0.39, 0.29) is 5.91 Å². The van der Waals surface area contributed by atoms with E-state index in [0.29, 0.717) is 38.9 Å². The molecule has 4 rings (SSSR count). The summed E-state index contributed by atoms with van der Waals surface area (Å²) in [5.41, 5.74) is 3.04. The summed E-state index contributed by atoms with van der Waals surface area (Å²) in [4.78, 5) is 14.1. The maximum atomic E-state index is 12.5. The number of nitrogens with one attached hydrogen (secondary N) is 1. The van der Waals surface area contributed by atoms with E-state index in [1.165, 1.54) is 6.07 Å². The predicted octanol–water partition coefficient (Wildman–Crippen LogP) is 5.38. The molecule has 1 aromatic heterocycles. The highest BCUT2D eigenvalue weighted by atomic mass is 35.5. The van der Waals surface area contributed by atoms with Gasteiger partial charge in [0.1, 0.15) is 16.8 Å². The molecule has 0 fully saturated rings. The van der Waals surface area contributed by atoms with Crippen LogP contribution in [0.2, 0.25) is 10.0 Å². The fraction of sp³-hybridized carbons (Fsp3) is 0.0952. The standard InChI is InChI=1S/C21H16Cl2N4O2/c1-2-29-16-7-5-15(6-8-16)27-25-19-10-4-14(12-20(19)26-27)24-21(28)17-11-13(22)3-9-18(17)23/h3-12H,2H2,1H3,(H,24,28). The van der Waals surface area contributed by atoms with Crippen LogP contribution in [0.25, 0.3) is 16.7 Å². The molecule has 0 spiro atoms. The van der Waals surface area contributed by atoms with Crippen molar-refractivity contribution in [2.45, 2.75) is 6.92 Å². The molecule has 0 aliphatic heterocycles. The molecule has 0 aliphatic rings. The molecule has 146 valence electrons. The van der Waals surface area contributed by atoms with Gasteiger partial charge in [-0.15, -0.1) is 10.2 Å². The Balaban J connectivity index is 1.58. The lowest BCUT2D eigenvalue weighted by Gasteiger charge is -2.07. The minimum Gasteiger partial charge on any atom is -0.494 e. The van der Waals surface area contributed by atoms with E-state index in [9.17, 15) is 4.79 Å². The molecule has 29 heavy (non-hydrogen) atoms. The number of aromatic nitrogens is 3. The highest BCUT2D eigenvalue weighted by molar-refractivity contribution is 6.36. The number of amides is 1. The molecule has 1 N–H and O–H groups in total. The van der Waals surface area contributed by atoms with Crippen molar-refractivity contribution in [1.29, 1.82) is 0 Å². The summed E-state index contributed by atoms with van der Waals surface area (Å²) < 4.78 is 5.45. The van der Waals surface area contributed by atoms with Crippen molar-refractivity contribution in [2.75, 3.05) is 11.9 Å². The summed E-state index contributed by atoms with van der Waals surface area (Å²) in [6, 6.07) is 17.6. The van der Waals surface area contributed by atoms with E-state index in [1.807, 2.05) is 31.2 Å². The van der Waals surface area contributed by atoms with E-state index < -0.39 is 0 Å². The molecular formula is C21H16Cl2N4O2. The number of ether oxygens (including phenoxy) is 1. The van der Waals surface area contributed by atoms with Crippen molar-refractivity contribution < 1.29 is 9.53 Å². The number of carbonyl (C=O) groups excluding carboxylic acids is 1. The zero-order chi connectivity index (χ0) is 20.4. The van der Waals surface area contributed by atoms with Crippen molar-refractivity contribution in [3.05, 3.63) is 76.3 Å². The Bertz CT molecular complexity index is 1190. The minimum absolute atomic E-state index is 0.303. The van der Waals surface area contributed by atoms with Crippen molar-refractivity contribution >= 4 is 45.8 Å². The summed E-state index contributed by atoms with van der Waals surface area (Å²) in [6.07, 6.45) is 0. The highest BCUT2D eigenvalue weighted by Crippen LogP contribution is 2.23. The molecule has 1 heterocycles. The van der Waals surface area contributed by atoms with Crippen LogP contribution in [0.1, 0.15) is 17.3 Å². The van der Waals surface area contributed by atoms with Crippen LogP contribution in [-0.4, -0.2) is 27.5 Å². The minimum atomic E-state index is -0.351. The maximum absolute atomic E-state index is 12.5. The van der Waals surface area contributed by atoms with E-state index >= 15 is 0 Å². The van der Waals surface area contributed by atoms with Crippen molar-refractivity contribution in [3.8, 4) is 11.4 Å². The Labute approximate surface area is 177 Å². The topological polar surface area (TPSA) is 69.0 Å². The summed E-state index contributed by atoms with van der Waals surface area (Å²) in [5.74, 6) is 0.438. The molecule has 0 saturated carbocycles. The Morgan fingerprint density at radius 1 is 1.00 bits per heavy atom.